The Bertz CT molecular complexity index is 646. The molecule has 2 N–H and O–H groups in total. The maximum absolute atomic E-state index is 12.0. The van der Waals surface area contributed by atoms with Crippen molar-refractivity contribution in [1.82, 2.24) is 0 Å². The summed E-state index contributed by atoms with van der Waals surface area (Å²) in [5, 5.41) is 11.4. The number of aliphatic hydroxyl groups excluding tert-OH is 1. The summed E-state index contributed by atoms with van der Waals surface area (Å²) in [5.74, 6) is 5.19. The maximum atomic E-state index is 12.0. The Hall–Kier alpha value is -2.57. The minimum Gasteiger partial charge on any atom is -0.384 e. The second-order valence-corrected chi connectivity index (χ2v) is 4.36. The highest BCUT2D eigenvalue weighted by atomic mass is 16.2. The molecule has 0 heterocycles. The Balaban J connectivity index is 2.07. The van der Waals surface area contributed by atoms with Gasteiger partial charge in [0.05, 0.1) is 0 Å². The molecule has 100 valence electrons. The van der Waals surface area contributed by atoms with E-state index in [1.807, 2.05) is 31.2 Å². The normalized spacial score (nSPS) is 9.50. The van der Waals surface area contributed by atoms with Crippen LogP contribution >= 0.6 is 0 Å². The summed E-state index contributed by atoms with van der Waals surface area (Å²) in [6.45, 7) is 1.83. The van der Waals surface area contributed by atoms with Crippen LogP contribution in [-0.4, -0.2) is 17.6 Å². The first-order chi connectivity index (χ1) is 9.69. The van der Waals surface area contributed by atoms with Crippen molar-refractivity contribution in [1.29, 1.82) is 0 Å². The molecule has 0 fully saturated rings. The molecule has 0 saturated heterocycles. The number of carbonyl (C=O) groups is 1. The van der Waals surface area contributed by atoms with Crippen molar-refractivity contribution in [3.8, 4) is 11.8 Å². The average Bonchev–Trinajstić information content (AvgIpc) is 2.48. The van der Waals surface area contributed by atoms with Gasteiger partial charge in [-0.3, -0.25) is 4.79 Å². The van der Waals surface area contributed by atoms with Gasteiger partial charge in [-0.1, -0.05) is 29.5 Å². The van der Waals surface area contributed by atoms with Crippen molar-refractivity contribution in [3.05, 3.63) is 65.2 Å². The number of hydrogen-bond acceptors (Lipinski definition) is 2. The zero-order valence-electron chi connectivity index (χ0n) is 11.2. The van der Waals surface area contributed by atoms with Crippen LogP contribution in [0, 0.1) is 18.8 Å². The van der Waals surface area contributed by atoms with E-state index in [2.05, 4.69) is 17.2 Å². The highest BCUT2D eigenvalue weighted by molar-refractivity contribution is 6.04. The topological polar surface area (TPSA) is 49.3 Å². The van der Waals surface area contributed by atoms with Gasteiger partial charge >= 0.3 is 0 Å². The van der Waals surface area contributed by atoms with Gasteiger partial charge in [0, 0.05) is 16.8 Å². The monoisotopic (exact) mass is 265 g/mol. The van der Waals surface area contributed by atoms with Gasteiger partial charge < -0.3 is 10.4 Å². The van der Waals surface area contributed by atoms with Gasteiger partial charge in [0.15, 0.2) is 0 Å². The van der Waals surface area contributed by atoms with Crippen molar-refractivity contribution in [3.63, 3.8) is 0 Å². The molecule has 0 radical (unpaired) electrons. The summed E-state index contributed by atoms with van der Waals surface area (Å²) in [5.41, 5.74) is 3.26. The number of hydrogen-bond donors (Lipinski definition) is 2. The van der Waals surface area contributed by atoms with Crippen molar-refractivity contribution in [2.45, 2.75) is 6.92 Å². The largest absolute Gasteiger partial charge is 0.384 e. The van der Waals surface area contributed by atoms with E-state index in [0.717, 1.165) is 16.8 Å². The molecule has 2 aromatic rings. The number of aliphatic hydroxyl groups is 1. The lowest BCUT2D eigenvalue weighted by Gasteiger charge is -2.05. The van der Waals surface area contributed by atoms with E-state index in [9.17, 15) is 4.79 Å². The summed E-state index contributed by atoms with van der Waals surface area (Å²) in [7, 11) is 0. The number of aryl methyl sites for hydroxylation is 1. The Labute approximate surface area is 118 Å². The third-order valence-corrected chi connectivity index (χ3v) is 2.77. The number of carbonyl (C=O) groups excluding carboxylic acids is 1. The van der Waals surface area contributed by atoms with E-state index in [4.69, 9.17) is 5.11 Å². The Kier molecular flexibility index (Phi) is 4.54. The number of benzene rings is 2. The lowest BCUT2D eigenvalue weighted by atomic mass is 10.1. The molecule has 0 bridgehead atoms. The quantitative estimate of drug-likeness (QED) is 0.820. The van der Waals surface area contributed by atoms with Crippen LogP contribution in [0.2, 0.25) is 0 Å². The molecule has 2 aromatic carbocycles. The molecule has 3 heteroatoms. The fraction of sp³-hybridized carbons (Fsp3) is 0.118. The first kappa shape index (κ1) is 13.9. The molecule has 0 aromatic heterocycles. The zero-order chi connectivity index (χ0) is 14.4. The second kappa shape index (κ2) is 6.55. The summed E-state index contributed by atoms with van der Waals surface area (Å²) in [6.07, 6.45) is 0. The SMILES string of the molecule is Cc1ccc(NC(=O)c2ccc(C#CCO)cc2)cc1. The van der Waals surface area contributed by atoms with Crippen LogP contribution in [-0.2, 0) is 0 Å². The molecule has 0 unspecified atom stereocenters. The van der Waals surface area contributed by atoms with Gasteiger partial charge in [-0.2, -0.15) is 0 Å². The van der Waals surface area contributed by atoms with Crippen molar-refractivity contribution >= 4 is 11.6 Å². The van der Waals surface area contributed by atoms with Gasteiger partial charge in [0.1, 0.15) is 6.61 Å². The fourth-order valence-electron chi connectivity index (χ4n) is 1.69. The first-order valence-electron chi connectivity index (χ1n) is 6.27. The van der Waals surface area contributed by atoms with E-state index in [1.165, 1.54) is 0 Å². The molecular weight excluding hydrogens is 250 g/mol. The van der Waals surface area contributed by atoms with E-state index >= 15 is 0 Å². The highest BCUT2D eigenvalue weighted by Gasteiger charge is 2.05. The zero-order valence-corrected chi connectivity index (χ0v) is 11.2. The third kappa shape index (κ3) is 3.71. The van der Waals surface area contributed by atoms with E-state index in [0.29, 0.717) is 5.56 Å². The molecule has 2 rings (SSSR count). The van der Waals surface area contributed by atoms with Crippen molar-refractivity contribution in [2.24, 2.45) is 0 Å². The second-order valence-electron chi connectivity index (χ2n) is 4.36. The minimum absolute atomic E-state index is 0.157. The maximum Gasteiger partial charge on any atom is 0.255 e. The van der Waals surface area contributed by atoms with Crippen LogP contribution < -0.4 is 5.32 Å². The lowest BCUT2D eigenvalue weighted by Crippen LogP contribution is -2.11. The molecule has 0 aliphatic rings. The third-order valence-electron chi connectivity index (χ3n) is 2.77. The van der Waals surface area contributed by atoms with Crippen LogP contribution in [0.15, 0.2) is 48.5 Å². The predicted molar refractivity (Wildman–Crippen MR) is 79.5 cm³/mol. The molecule has 20 heavy (non-hydrogen) atoms. The first-order valence-corrected chi connectivity index (χ1v) is 6.27. The summed E-state index contributed by atoms with van der Waals surface area (Å²) >= 11 is 0. The Morgan fingerprint density at radius 3 is 2.35 bits per heavy atom. The average molecular weight is 265 g/mol. The molecular formula is C17H15NO2. The number of nitrogens with one attached hydrogen (secondary N) is 1. The predicted octanol–water partition coefficient (Wildman–Crippen LogP) is 2.59. The lowest BCUT2D eigenvalue weighted by molar-refractivity contribution is 0.102. The number of rotatable bonds is 2. The Morgan fingerprint density at radius 1 is 1.10 bits per heavy atom. The van der Waals surface area contributed by atoms with Crippen LogP contribution in [0.4, 0.5) is 5.69 Å². The molecule has 3 nitrogen and oxygen atoms in total. The van der Waals surface area contributed by atoms with Crippen LogP contribution in [0.1, 0.15) is 21.5 Å². The summed E-state index contributed by atoms with van der Waals surface area (Å²) in [6, 6.07) is 14.6. The molecule has 0 aliphatic carbocycles. The van der Waals surface area contributed by atoms with E-state index in [1.54, 1.807) is 24.3 Å². The number of amides is 1. The molecule has 1 amide bonds. The van der Waals surface area contributed by atoms with Crippen LogP contribution in [0.5, 0.6) is 0 Å². The molecule has 0 spiro atoms. The van der Waals surface area contributed by atoms with Gasteiger partial charge in [0.25, 0.3) is 5.91 Å². The van der Waals surface area contributed by atoms with Crippen molar-refractivity contribution in [2.75, 3.05) is 11.9 Å². The van der Waals surface area contributed by atoms with Crippen LogP contribution in [0.3, 0.4) is 0 Å². The molecule has 0 saturated carbocycles. The fourth-order valence-corrected chi connectivity index (χ4v) is 1.69. The summed E-state index contributed by atoms with van der Waals surface area (Å²) in [4.78, 5) is 12.0. The van der Waals surface area contributed by atoms with Crippen LogP contribution in [0.25, 0.3) is 0 Å². The molecule has 0 atom stereocenters. The standard InChI is InChI=1S/C17H15NO2/c1-13-4-10-16(11-5-13)18-17(20)15-8-6-14(7-9-15)3-2-12-19/h4-11,19H,12H2,1H3,(H,18,20). The van der Waals surface area contributed by atoms with Crippen molar-refractivity contribution < 1.29 is 9.90 Å². The smallest absolute Gasteiger partial charge is 0.255 e. The van der Waals surface area contributed by atoms with Gasteiger partial charge in [-0.05, 0) is 43.3 Å². The minimum atomic E-state index is -0.171. The van der Waals surface area contributed by atoms with E-state index < -0.39 is 0 Å². The van der Waals surface area contributed by atoms with Gasteiger partial charge in [-0.25, -0.2) is 0 Å². The number of anilines is 1. The van der Waals surface area contributed by atoms with Gasteiger partial charge in [0.2, 0.25) is 0 Å². The molecule has 0 aliphatic heterocycles. The highest BCUT2D eigenvalue weighted by Crippen LogP contribution is 2.11. The van der Waals surface area contributed by atoms with Gasteiger partial charge in [-0.15, -0.1) is 0 Å². The van der Waals surface area contributed by atoms with E-state index in [-0.39, 0.29) is 12.5 Å². The summed E-state index contributed by atoms with van der Waals surface area (Å²) < 4.78 is 0. The Morgan fingerprint density at radius 2 is 1.75 bits per heavy atom.